The number of thioether (sulfide) groups is 1. The van der Waals surface area contributed by atoms with Gasteiger partial charge in [-0.25, -0.2) is 9.59 Å². The topological polar surface area (TPSA) is 90.9 Å². The molecule has 23 heavy (non-hydrogen) atoms. The molecule has 0 aromatic heterocycles. The van der Waals surface area contributed by atoms with E-state index in [4.69, 9.17) is 14.2 Å². The lowest BCUT2D eigenvalue weighted by atomic mass is 10.2. The summed E-state index contributed by atoms with van der Waals surface area (Å²) in [4.78, 5) is 34.9. The highest BCUT2D eigenvalue weighted by Crippen LogP contribution is 2.10. The number of nitrogens with one attached hydrogen (secondary N) is 1. The lowest BCUT2D eigenvalue weighted by Gasteiger charge is -2.22. The van der Waals surface area contributed by atoms with Crippen LogP contribution in [0.2, 0.25) is 0 Å². The second-order valence-corrected chi connectivity index (χ2v) is 6.73. The quantitative estimate of drug-likeness (QED) is 0.387. The number of esters is 2. The Labute approximate surface area is 141 Å². The molecule has 7 nitrogen and oxygen atoms in total. The van der Waals surface area contributed by atoms with Gasteiger partial charge in [0.25, 0.3) is 0 Å². The van der Waals surface area contributed by atoms with E-state index in [9.17, 15) is 14.4 Å². The van der Waals surface area contributed by atoms with E-state index in [1.165, 1.54) is 11.8 Å². The van der Waals surface area contributed by atoms with Crippen LogP contribution in [0.1, 0.15) is 41.0 Å². The zero-order valence-corrected chi connectivity index (χ0v) is 15.3. The van der Waals surface area contributed by atoms with Gasteiger partial charge in [-0.2, -0.15) is 11.8 Å². The molecule has 0 saturated heterocycles. The first kappa shape index (κ1) is 21.6. The minimum atomic E-state index is -0.822. The first-order valence-electron chi connectivity index (χ1n) is 7.59. The molecule has 0 aliphatic rings. The molecule has 0 aromatic carbocycles. The Balaban J connectivity index is 4.38. The molecule has 0 aromatic rings. The second-order valence-electron chi connectivity index (χ2n) is 5.58. The molecule has 134 valence electrons. The molecule has 0 spiro atoms. The highest BCUT2D eigenvalue weighted by Gasteiger charge is 2.25. The van der Waals surface area contributed by atoms with Gasteiger partial charge in [-0.3, -0.25) is 4.79 Å². The number of alkyl carbamates (subject to hydrolysis) is 1. The van der Waals surface area contributed by atoms with Crippen molar-refractivity contribution >= 4 is 29.8 Å². The van der Waals surface area contributed by atoms with E-state index < -0.39 is 23.7 Å². The minimum Gasteiger partial charge on any atom is -0.466 e. The fraction of sp³-hybridized carbons (Fsp3) is 0.800. The van der Waals surface area contributed by atoms with Crippen molar-refractivity contribution in [2.75, 3.05) is 24.7 Å². The highest BCUT2D eigenvalue weighted by molar-refractivity contribution is 7.99. The normalized spacial score (nSPS) is 12.2. The van der Waals surface area contributed by atoms with Crippen molar-refractivity contribution in [1.29, 1.82) is 0 Å². The molecule has 0 bridgehead atoms. The third-order valence-corrected chi connectivity index (χ3v) is 3.36. The summed E-state index contributed by atoms with van der Waals surface area (Å²) >= 11 is 1.36. The Morgan fingerprint density at radius 1 is 1.09 bits per heavy atom. The Morgan fingerprint density at radius 3 is 2.22 bits per heavy atom. The Hall–Kier alpha value is -1.44. The van der Waals surface area contributed by atoms with E-state index in [0.29, 0.717) is 12.4 Å². The zero-order chi connectivity index (χ0) is 17.9. The van der Waals surface area contributed by atoms with Crippen LogP contribution in [0.15, 0.2) is 0 Å². The molecular formula is C15H27NO6S. The van der Waals surface area contributed by atoms with Crippen molar-refractivity contribution in [3.05, 3.63) is 0 Å². The first-order chi connectivity index (χ1) is 10.7. The minimum absolute atomic E-state index is 0.221. The number of ether oxygens (including phenoxy) is 3. The monoisotopic (exact) mass is 349 g/mol. The maximum absolute atomic E-state index is 11.9. The summed E-state index contributed by atoms with van der Waals surface area (Å²) in [6.07, 6.45) is -0.429. The molecule has 0 rings (SSSR count). The van der Waals surface area contributed by atoms with Gasteiger partial charge in [0.2, 0.25) is 0 Å². The molecule has 0 heterocycles. The molecule has 0 fully saturated rings. The number of rotatable bonds is 9. The highest BCUT2D eigenvalue weighted by atomic mass is 32.2. The van der Waals surface area contributed by atoms with Gasteiger partial charge in [-0.1, -0.05) is 0 Å². The molecule has 0 radical (unpaired) electrons. The summed E-state index contributed by atoms with van der Waals surface area (Å²) in [6.45, 7) is 9.21. The van der Waals surface area contributed by atoms with Gasteiger partial charge < -0.3 is 19.5 Å². The fourth-order valence-electron chi connectivity index (χ4n) is 1.45. The number of amides is 1. The molecule has 0 aliphatic heterocycles. The van der Waals surface area contributed by atoms with E-state index in [1.807, 2.05) is 0 Å². The Kier molecular flexibility index (Phi) is 10.5. The third-order valence-electron chi connectivity index (χ3n) is 2.30. The van der Waals surface area contributed by atoms with Crippen LogP contribution >= 0.6 is 11.8 Å². The molecule has 0 aliphatic carbocycles. The van der Waals surface area contributed by atoms with Crippen LogP contribution in [0.5, 0.6) is 0 Å². The summed E-state index contributed by atoms with van der Waals surface area (Å²) < 4.78 is 14.9. The third kappa shape index (κ3) is 11.7. The predicted molar refractivity (Wildman–Crippen MR) is 88.4 cm³/mol. The van der Waals surface area contributed by atoms with Gasteiger partial charge >= 0.3 is 18.0 Å². The van der Waals surface area contributed by atoms with E-state index in [2.05, 4.69) is 5.32 Å². The molecule has 0 saturated carbocycles. The largest absolute Gasteiger partial charge is 0.466 e. The van der Waals surface area contributed by atoms with Crippen molar-refractivity contribution in [1.82, 2.24) is 5.32 Å². The van der Waals surface area contributed by atoms with Crippen molar-refractivity contribution in [2.45, 2.75) is 52.7 Å². The summed E-state index contributed by atoms with van der Waals surface area (Å²) in [6, 6.07) is -0.822. The van der Waals surface area contributed by atoms with Crippen molar-refractivity contribution in [2.24, 2.45) is 0 Å². The van der Waals surface area contributed by atoms with Crippen LogP contribution in [0, 0.1) is 0 Å². The average Bonchev–Trinajstić information content (AvgIpc) is 2.40. The van der Waals surface area contributed by atoms with Gasteiger partial charge in [0.05, 0.1) is 19.6 Å². The smallest absolute Gasteiger partial charge is 0.408 e. The van der Waals surface area contributed by atoms with Gasteiger partial charge in [0, 0.05) is 11.5 Å². The fourth-order valence-corrected chi connectivity index (χ4v) is 2.38. The summed E-state index contributed by atoms with van der Waals surface area (Å²) in [5, 5.41) is 2.50. The first-order valence-corrected chi connectivity index (χ1v) is 8.74. The van der Waals surface area contributed by atoms with Crippen molar-refractivity contribution in [3.63, 3.8) is 0 Å². The molecule has 8 heteroatoms. The zero-order valence-electron chi connectivity index (χ0n) is 14.5. The molecule has 1 N–H and O–H groups in total. The molecule has 1 atom stereocenters. The van der Waals surface area contributed by atoms with E-state index >= 15 is 0 Å². The second kappa shape index (κ2) is 11.2. The average molecular weight is 349 g/mol. The number of carbonyl (C=O) groups is 3. The predicted octanol–water partition coefficient (Wildman–Crippen LogP) is 2.13. The van der Waals surface area contributed by atoms with E-state index in [1.54, 1.807) is 34.6 Å². The summed E-state index contributed by atoms with van der Waals surface area (Å²) in [5.74, 6) is -0.0304. The molecular weight excluding hydrogens is 322 g/mol. The van der Waals surface area contributed by atoms with Crippen LogP contribution in [-0.2, 0) is 23.8 Å². The van der Waals surface area contributed by atoms with Crippen LogP contribution in [0.25, 0.3) is 0 Å². The lowest BCUT2D eigenvalue weighted by Crippen LogP contribution is -2.45. The van der Waals surface area contributed by atoms with Gasteiger partial charge in [0.15, 0.2) is 0 Å². The number of hydrogen-bond acceptors (Lipinski definition) is 7. The Bertz CT molecular complexity index is 394. The maximum atomic E-state index is 11.9. The lowest BCUT2D eigenvalue weighted by molar-refractivity contribution is -0.145. The van der Waals surface area contributed by atoms with Crippen LogP contribution in [0.3, 0.4) is 0 Å². The SMILES string of the molecule is CCOC(=O)CCSCC(NC(=O)OC(C)(C)C)C(=O)OCC. The van der Waals surface area contributed by atoms with Gasteiger partial charge in [-0.05, 0) is 34.6 Å². The van der Waals surface area contributed by atoms with E-state index in [-0.39, 0.29) is 24.7 Å². The van der Waals surface area contributed by atoms with Crippen LogP contribution < -0.4 is 5.32 Å². The number of hydrogen-bond donors (Lipinski definition) is 1. The molecule has 1 amide bonds. The summed E-state index contributed by atoms with van der Waals surface area (Å²) in [5.41, 5.74) is -0.652. The van der Waals surface area contributed by atoms with Crippen molar-refractivity contribution in [3.8, 4) is 0 Å². The van der Waals surface area contributed by atoms with Gasteiger partial charge in [0.1, 0.15) is 11.6 Å². The standard InChI is InChI=1S/C15H27NO6S/c1-6-20-12(17)8-9-23-10-11(13(18)21-7-2)16-14(19)22-15(3,4)5/h11H,6-10H2,1-5H3,(H,16,19). The van der Waals surface area contributed by atoms with Crippen LogP contribution in [0.4, 0.5) is 4.79 Å². The Morgan fingerprint density at radius 2 is 1.70 bits per heavy atom. The number of carbonyl (C=O) groups excluding carboxylic acids is 3. The van der Waals surface area contributed by atoms with Crippen LogP contribution in [-0.4, -0.2) is 54.4 Å². The van der Waals surface area contributed by atoms with E-state index in [0.717, 1.165) is 0 Å². The maximum Gasteiger partial charge on any atom is 0.408 e. The van der Waals surface area contributed by atoms with Crippen molar-refractivity contribution < 1.29 is 28.6 Å². The summed E-state index contributed by atoms with van der Waals surface area (Å²) in [7, 11) is 0. The molecule has 1 unspecified atom stereocenters. The van der Waals surface area contributed by atoms with Gasteiger partial charge in [-0.15, -0.1) is 0 Å².